The average molecular weight is 1010 g/mol. The highest BCUT2D eigenvalue weighted by atomic mass is 16.7. The number of unbranched alkanes of at least 4 members (excludes halogenated alkanes) is 10. The van der Waals surface area contributed by atoms with Crippen molar-refractivity contribution in [2.45, 2.75) is 193 Å². The molecule has 73 heavy (non-hydrogen) atoms. The summed E-state index contributed by atoms with van der Waals surface area (Å²) < 4.78 is 22.6. The van der Waals surface area contributed by atoms with Crippen LogP contribution in [0.3, 0.4) is 0 Å². The van der Waals surface area contributed by atoms with Gasteiger partial charge in [-0.1, -0.05) is 198 Å². The summed E-state index contributed by atoms with van der Waals surface area (Å²) in [5, 5.41) is 11.8. The van der Waals surface area contributed by atoms with Gasteiger partial charge in [0.1, 0.15) is 13.2 Å². The summed E-state index contributed by atoms with van der Waals surface area (Å²) in [6, 6.07) is 0. The molecule has 0 aromatic heterocycles. The zero-order valence-corrected chi connectivity index (χ0v) is 46.4. The van der Waals surface area contributed by atoms with Crippen LogP contribution in [0.5, 0.6) is 0 Å². The van der Waals surface area contributed by atoms with Gasteiger partial charge < -0.3 is 33.3 Å². The van der Waals surface area contributed by atoms with Crippen molar-refractivity contribution in [3.05, 3.63) is 146 Å². The van der Waals surface area contributed by atoms with Gasteiger partial charge in [0.05, 0.1) is 40.3 Å². The molecule has 410 valence electrons. The molecule has 2 atom stereocenters. The summed E-state index contributed by atoms with van der Waals surface area (Å²) in [5.74, 6) is -2.40. The van der Waals surface area contributed by atoms with E-state index in [0.29, 0.717) is 30.3 Å². The summed E-state index contributed by atoms with van der Waals surface area (Å²) in [5.41, 5.74) is 0. The molecule has 0 fully saturated rings. The van der Waals surface area contributed by atoms with Crippen LogP contribution in [0.2, 0.25) is 0 Å². The third kappa shape index (κ3) is 54.8. The van der Waals surface area contributed by atoms with Crippen molar-refractivity contribution in [1.82, 2.24) is 0 Å². The van der Waals surface area contributed by atoms with Crippen LogP contribution in [0.15, 0.2) is 146 Å². The van der Waals surface area contributed by atoms with Crippen molar-refractivity contribution in [2.75, 3.05) is 47.5 Å². The van der Waals surface area contributed by atoms with Crippen molar-refractivity contribution in [2.24, 2.45) is 0 Å². The lowest BCUT2D eigenvalue weighted by Gasteiger charge is -2.26. The number of carbonyl (C=O) groups is 3. The molecule has 0 aliphatic carbocycles. The summed E-state index contributed by atoms with van der Waals surface area (Å²) in [7, 11) is 5.88. The minimum Gasteiger partial charge on any atom is -0.545 e. The van der Waals surface area contributed by atoms with Gasteiger partial charge in [0.15, 0.2) is 12.4 Å². The van der Waals surface area contributed by atoms with Crippen molar-refractivity contribution < 1.29 is 42.9 Å². The van der Waals surface area contributed by atoms with E-state index in [-0.39, 0.29) is 32.7 Å². The van der Waals surface area contributed by atoms with E-state index in [1.54, 1.807) is 0 Å². The average Bonchev–Trinajstić information content (AvgIpc) is 3.36. The van der Waals surface area contributed by atoms with Gasteiger partial charge in [0.2, 0.25) is 0 Å². The normalized spacial score (nSPS) is 13.9. The quantitative estimate of drug-likeness (QED) is 0.0195. The number of carboxylic acid groups (broad SMARTS) is 1. The molecule has 0 aromatic carbocycles. The Labute approximate surface area is 445 Å². The number of esters is 2. The lowest BCUT2D eigenvalue weighted by atomic mass is 10.1. The molecule has 0 amide bonds. The predicted octanol–water partition coefficient (Wildman–Crippen LogP) is 15.1. The van der Waals surface area contributed by atoms with Crippen LogP contribution in [0, 0.1) is 0 Å². The molecule has 0 saturated heterocycles. The highest BCUT2D eigenvalue weighted by Crippen LogP contribution is 2.12. The summed E-state index contributed by atoms with van der Waals surface area (Å²) in [6.07, 6.45) is 74.7. The number of allylic oxidation sites excluding steroid dienone is 24. The largest absolute Gasteiger partial charge is 0.545 e. The molecule has 0 aliphatic rings. The number of aliphatic carboxylic acids is 1. The Kier molecular flexibility index (Phi) is 49.9. The number of quaternary nitrogens is 1. The van der Waals surface area contributed by atoms with Gasteiger partial charge in [-0.15, -0.1) is 0 Å². The summed E-state index contributed by atoms with van der Waals surface area (Å²) >= 11 is 0. The van der Waals surface area contributed by atoms with Gasteiger partial charge in [-0.05, 0) is 116 Å². The summed E-state index contributed by atoms with van der Waals surface area (Å²) in [4.78, 5) is 37.2. The Morgan fingerprint density at radius 3 is 1.21 bits per heavy atom. The van der Waals surface area contributed by atoms with E-state index >= 15 is 0 Å². The van der Waals surface area contributed by atoms with E-state index in [9.17, 15) is 19.5 Å². The fourth-order valence-electron chi connectivity index (χ4n) is 6.78. The maximum Gasteiger partial charge on any atom is 0.306 e. The predicted molar refractivity (Wildman–Crippen MR) is 306 cm³/mol. The molecule has 0 radical (unpaired) electrons. The van der Waals surface area contributed by atoms with Crippen LogP contribution in [0.4, 0.5) is 0 Å². The molecule has 9 nitrogen and oxygen atoms in total. The van der Waals surface area contributed by atoms with E-state index in [0.717, 1.165) is 109 Å². The smallest absolute Gasteiger partial charge is 0.306 e. The zero-order chi connectivity index (χ0) is 53.4. The van der Waals surface area contributed by atoms with E-state index in [2.05, 4.69) is 154 Å². The van der Waals surface area contributed by atoms with Gasteiger partial charge in [-0.2, -0.15) is 0 Å². The Morgan fingerprint density at radius 1 is 0.425 bits per heavy atom. The van der Waals surface area contributed by atoms with Crippen LogP contribution >= 0.6 is 0 Å². The molecule has 0 bridgehead atoms. The second kappa shape index (κ2) is 53.5. The van der Waals surface area contributed by atoms with Crippen LogP contribution in [0.1, 0.15) is 181 Å². The first-order chi connectivity index (χ1) is 35.6. The van der Waals surface area contributed by atoms with Crippen molar-refractivity contribution in [3.8, 4) is 0 Å². The van der Waals surface area contributed by atoms with Crippen LogP contribution in [-0.2, 0) is 33.3 Å². The lowest BCUT2D eigenvalue weighted by Crippen LogP contribution is -2.44. The Bertz CT molecular complexity index is 1700. The third-order valence-corrected chi connectivity index (χ3v) is 11.1. The molecule has 0 aromatic rings. The molecule has 0 spiro atoms. The molecular formula is C64H101NO8. The monoisotopic (exact) mass is 1010 g/mol. The van der Waals surface area contributed by atoms with Gasteiger partial charge in [-0.3, -0.25) is 9.59 Å². The summed E-state index contributed by atoms with van der Waals surface area (Å²) in [6.45, 7) is 4.49. The minimum atomic E-state index is -1.65. The van der Waals surface area contributed by atoms with Gasteiger partial charge >= 0.3 is 11.9 Å². The third-order valence-electron chi connectivity index (χ3n) is 11.1. The lowest BCUT2D eigenvalue weighted by molar-refractivity contribution is -0.870. The number of hydrogen-bond donors (Lipinski definition) is 0. The number of ether oxygens (including phenoxy) is 4. The first-order valence-corrected chi connectivity index (χ1v) is 28.0. The Morgan fingerprint density at radius 2 is 0.795 bits per heavy atom. The number of carboxylic acids is 1. The molecule has 2 unspecified atom stereocenters. The standard InChI is InChI=1S/C64H101NO8/c1-6-8-10-12-14-16-18-20-22-24-26-27-28-29-30-31-32-33-34-35-37-39-41-43-45-47-49-51-53-55-62(67)73-60(59-72-64(63(68)69)70-57-56-65(3,4)5)58-71-61(66)54-52-50-48-46-44-42-40-38-36-25-23-21-19-17-15-13-11-9-7-2/h8,10,14-17,20-23,26-27,29-30,32-33,35-38,41,43,47,49,60,64H,6-7,9,11-13,18-19,24-25,28,31,34,39-40,42,44-46,48,50-59H2,1-5H3/b10-8-,16-14-,17-15-,22-20-,23-21-,27-26-,30-29-,33-32-,37-35-,38-36-,43-41-,49-47-. The number of nitrogens with zero attached hydrogens (tertiary/aromatic N) is 1. The second-order valence-corrected chi connectivity index (χ2v) is 19.1. The molecule has 0 saturated carbocycles. The maximum atomic E-state index is 12.8. The fourth-order valence-corrected chi connectivity index (χ4v) is 6.78. The molecular weight excluding hydrogens is 911 g/mol. The molecule has 0 heterocycles. The second-order valence-electron chi connectivity index (χ2n) is 19.1. The van der Waals surface area contributed by atoms with E-state index in [1.807, 2.05) is 27.2 Å². The number of hydrogen-bond acceptors (Lipinski definition) is 8. The van der Waals surface area contributed by atoms with Crippen molar-refractivity contribution >= 4 is 17.9 Å². The highest BCUT2D eigenvalue weighted by molar-refractivity contribution is 5.70. The van der Waals surface area contributed by atoms with Crippen LogP contribution in [-0.4, -0.2) is 82.3 Å². The fraction of sp³-hybridized carbons (Fsp3) is 0.578. The number of rotatable bonds is 49. The first kappa shape index (κ1) is 68.2. The van der Waals surface area contributed by atoms with Gasteiger partial charge in [-0.25, -0.2) is 0 Å². The van der Waals surface area contributed by atoms with Crippen molar-refractivity contribution in [3.63, 3.8) is 0 Å². The SMILES string of the molecule is CC/C=C\C/C=C\C/C=C\C/C=C\C/C=C\C/C=C\C/C=C\C/C=C\C/C=C\CCCC(=O)OC(COC(=O)CCCCCCCC/C=C\C/C=C\C/C=C\CCCCC)COC(OCC[N+](C)(C)C)C(=O)[O-]. The molecule has 0 aliphatic heterocycles. The maximum absolute atomic E-state index is 12.8. The zero-order valence-electron chi connectivity index (χ0n) is 46.4. The van der Waals surface area contributed by atoms with Crippen LogP contribution < -0.4 is 5.11 Å². The van der Waals surface area contributed by atoms with Gasteiger partial charge in [0, 0.05) is 12.8 Å². The Balaban J connectivity index is 4.46. The van der Waals surface area contributed by atoms with Crippen LogP contribution in [0.25, 0.3) is 0 Å². The highest BCUT2D eigenvalue weighted by Gasteiger charge is 2.21. The Hall–Kier alpha value is -4.83. The topological polar surface area (TPSA) is 111 Å². The molecule has 0 N–H and O–H groups in total. The van der Waals surface area contributed by atoms with E-state index in [1.165, 1.54) is 25.7 Å². The number of carbonyl (C=O) groups excluding carboxylic acids is 3. The van der Waals surface area contributed by atoms with E-state index < -0.39 is 30.3 Å². The number of likely N-dealkylation sites (N-methyl/N-ethyl adjacent to an activating group) is 1. The van der Waals surface area contributed by atoms with E-state index in [4.69, 9.17) is 18.9 Å². The minimum absolute atomic E-state index is 0.125. The van der Waals surface area contributed by atoms with Gasteiger partial charge in [0.25, 0.3) is 0 Å². The molecule has 9 heteroatoms. The first-order valence-electron chi connectivity index (χ1n) is 28.0. The molecule has 0 rings (SSSR count). The van der Waals surface area contributed by atoms with Crippen molar-refractivity contribution in [1.29, 1.82) is 0 Å².